The average molecular weight is 278 g/mol. The van der Waals surface area contributed by atoms with Crippen molar-refractivity contribution in [1.29, 1.82) is 0 Å². The monoisotopic (exact) mass is 278 g/mol. The molecule has 0 saturated carbocycles. The van der Waals surface area contributed by atoms with Gasteiger partial charge in [-0.05, 0) is 25.0 Å². The number of fused-ring (bicyclic) bond motifs is 1. The molecule has 2 fully saturated rings. The summed E-state index contributed by atoms with van der Waals surface area (Å²) in [4.78, 5) is 16.3. The standard InChI is InChI=1S/C15H22N2O3/c1-16(2)15(18)11-8-14-13(5-7-20-14)17(9-11)10-12-4-3-6-19-12/h3-4,6,11,13-14H,5,7-10H2,1-2H3/t11-,13+,14+/m0/s1. The van der Waals surface area contributed by atoms with E-state index in [-0.39, 0.29) is 17.9 Å². The second kappa shape index (κ2) is 5.58. The summed E-state index contributed by atoms with van der Waals surface area (Å²) < 4.78 is 11.3. The third kappa shape index (κ3) is 2.60. The highest BCUT2D eigenvalue weighted by atomic mass is 16.5. The van der Waals surface area contributed by atoms with Crippen LogP contribution >= 0.6 is 0 Å². The lowest BCUT2D eigenvalue weighted by Crippen LogP contribution is -2.52. The quantitative estimate of drug-likeness (QED) is 0.837. The van der Waals surface area contributed by atoms with Gasteiger partial charge in [-0.2, -0.15) is 0 Å². The van der Waals surface area contributed by atoms with Crippen LogP contribution in [0, 0.1) is 5.92 Å². The smallest absolute Gasteiger partial charge is 0.226 e. The van der Waals surface area contributed by atoms with Crippen LogP contribution in [0.15, 0.2) is 22.8 Å². The Labute approximate surface area is 119 Å². The van der Waals surface area contributed by atoms with Crippen molar-refractivity contribution in [3.05, 3.63) is 24.2 Å². The summed E-state index contributed by atoms with van der Waals surface area (Å²) in [5, 5.41) is 0. The van der Waals surface area contributed by atoms with E-state index in [1.807, 2.05) is 26.2 Å². The first-order valence-electron chi connectivity index (χ1n) is 7.24. The van der Waals surface area contributed by atoms with Crippen LogP contribution in [-0.2, 0) is 16.1 Å². The van der Waals surface area contributed by atoms with Crippen LogP contribution in [0.3, 0.4) is 0 Å². The van der Waals surface area contributed by atoms with E-state index in [1.165, 1.54) is 0 Å². The van der Waals surface area contributed by atoms with Gasteiger partial charge < -0.3 is 14.1 Å². The van der Waals surface area contributed by atoms with E-state index in [4.69, 9.17) is 9.15 Å². The maximum Gasteiger partial charge on any atom is 0.226 e. The fourth-order valence-corrected chi connectivity index (χ4v) is 3.38. The summed E-state index contributed by atoms with van der Waals surface area (Å²) in [6, 6.07) is 4.32. The van der Waals surface area contributed by atoms with E-state index in [2.05, 4.69) is 4.90 Å². The molecular weight excluding hydrogens is 256 g/mol. The van der Waals surface area contributed by atoms with Gasteiger partial charge in [0, 0.05) is 33.3 Å². The molecule has 0 aromatic carbocycles. The summed E-state index contributed by atoms with van der Waals surface area (Å²) in [5.74, 6) is 1.18. The predicted molar refractivity (Wildman–Crippen MR) is 74.1 cm³/mol. The molecule has 0 radical (unpaired) electrons. The average Bonchev–Trinajstić information content (AvgIpc) is 3.07. The number of hydrogen-bond donors (Lipinski definition) is 0. The molecule has 3 rings (SSSR count). The maximum atomic E-state index is 12.3. The SMILES string of the molecule is CN(C)C(=O)[C@H]1C[C@H]2OCC[C@H]2N(Cc2ccco2)C1. The van der Waals surface area contributed by atoms with Gasteiger partial charge in [0.2, 0.25) is 5.91 Å². The lowest BCUT2D eigenvalue weighted by molar-refractivity contribution is -0.137. The Morgan fingerprint density at radius 2 is 2.35 bits per heavy atom. The van der Waals surface area contributed by atoms with Gasteiger partial charge in [-0.3, -0.25) is 9.69 Å². The Morgan fingerprint density at radius 3 is 3.05 bits per heavy atom. The number of piperidine rings is 1. The molecule has 0 aliphatic carbocycles. The number of hydrogen-bond acceptors (Lipinski definition) is 4. The Bertz CT molecular complexity index is 458. The first-order valence-corrected chi connectivity index (χ1v) is 7.24. The molecule has 20 heavy (non-hydrogen) atoms. The van der Waals surface area contributed by atoms with Gasteiger partial charge in [0.15, 0.2) is 0 Å². The van der Waals surface area contributed by atoms with Gasteiger partial charge in [-0.25, -0.2) is 0 Å². The largest absolute Gasteiger partial charge is 0.468 e. The van der Waals surface area contributed by atoms with Crippen molar-refractivity contribution in [3.8, 4) is 0 Å². The van der Waals surface area contributed by atoms with Crippen LogP contribution in [-0.4, -0.2) is 55.1 Å². The van der Waals surface area contributed by atoms with Gasteiger partial charge >= 0.3 is 0 Å². The Balaban J connectivity index is 1.74. The molecule has 3 heterocycles. The maximum absolute atomic E-state index is 12.3. The zero-order chi connectivity index (χ0) is 14.1. The van der Waals surface area contributed by atoms with Crippen molar-refractivity contribution in [2.24, 2.45) is 5.92 Å². The molecule has 2 aliphatic heterocycles. The second-order valence-electron chi connectivity index (χ2n) is 5.94. The van der Waals surface area contributed by atoms with E-state index >= 15 is 0 Å². The van der Waals surface area contributed by atoms with E-state index in [1.54, 1.807) is 11.2 Å². The third-order valence-corrected chi connectivity index (χ3v) is 4.34. The molecule has 0 bridgehead atoms. The minimum atomic E-state index is 0.0271. The lowest BCUT2D eigenvalue weighted by atomic mass is 9.89. The highest BCUT2D eigenvalue weighted by Crippen LogP contribution is 2.32. The van der Waals surface area contributed by atoms with Crippen molar-refractivity contribution < 1.29 is 13.9 Å². The summed E-state index contributed by atoms with van der Waals surface area (Å²) in [6.45, 7) is 2.35. The van der Waals surface area contributed by atoms with Crippen LogP contribution in [0.5, 0.6) is 0 Å². The van der Waals surface area contributed by atoms with E-state index in [0.717, 1.165) is 38.3 Å². The fraction of sp³-hybridized carbons (Fsp3) is 0.667. The predicted octanol–water partition coefficient (Wildman–Crippen LogP) is 1.35. The zero-order valence-corrected chi connectivity index (χ0v) is 12.1. The number of likely N-dealkylation sites (tertiary alicyclic amines) is 1. The van der Waals surface area contributed by atoms with Gasteiger partial charge in [0.1, 0.15) is 5.76 Å². The normalized spacial score (nSPS) is 30.2. The Hall–Kier alpha value is -1.33. The van der Waals surface area contributed by atoms with Crippen molar-refractivity contribution in [2.45, 2.75) is 31.5 Å². The minimum Gasteiger partial charge on any atom is -0.468 e. The number of nitrogens with zero attached hydrogens (tertiary/aromatic N) is 2. The van der Waals surface area contributed by atoms with Crippen molar-refractivity contribution in [2.75, 3.05) is 27.2 Å². The molecular formula is C15H22N2O3. The highest BCUT2D eigenvalue weighted by Gasteiger charge is 2.42. The number of carbonyl (C=O) groups is 1. The minimum absolute atomic E-state index is 0.0271. The first kappa shape index (κ1) is 13.6. The Morgan fingerprint density at radius 1 is 1.50 bits per heavy atom. The molecule has 2 saturated heterocycles. The molecule has 3 atom stereocenters. The highest BCUT2D eigenvalue weighted by molar-refractivity contribution is 5.78. The van der Waals surface area contributed by atoms with E-state index in [0.29, 0.717) is 6.04 Å². The molecule has 110 valence electrons. The zero-order valence-electron chi connectivity index (χ0n) is 12.1. The number of ether oxygens (including phenoxy) is 1. The summed E-state index contributed by atoms with van der Waals surface area (Å²) in [5.41, 5.74) is 0. The summed E-state index contributed by atoms with van der Waals surface area (Å²) in [6.07, 6.45) is 3.78. The van der Waals surface area contributed by atoms with Crippen molar-refractivity contribution in [3.63, 3.8) is 0 Å². The fourth-order valence-electron chi connectivity index (χ4n) is 3.38. The van der Waals surface area contributed by atoms with Gasteiger partial charge in [0.25, 0.3) is 0 Å². The van der Waals surface area contributed by atoms with E-state index in [9.17, 15) is 4.79 Å². The molecule has 1 aromatic rings. The molecule has 1 amide bonds. The van der Waals surface area contributed by atoms with Crippen LogP contribution in [0.2, 0.25) is 0 Å². The molecule has 2 aliphatic rings. The summed E-state index contributed by atoms with van der Waals surface area (Å²) in [7, 11) is 3.64. The third-order valence-electron chi connectivity index (χ3n) is 4.34. The van der Waals surface area contributed by atoms with Crippen LogP contribution < -0.4 is 0 Å². The molecule has 5 nitrogen and oxygen atoms in total. The molecule has 0 N–H and O–H groups in total. The lowest BCUT2D eigenvalue weighted by Gasteiger charge is -2.40. The second-order valence-corrected chi connectivity index (χ2v) is 5.94. The van der Waals surface area contributed by atoms with Crippen LogP contribution in [0.4, 0.5) is 0 Å². The van der Waals surface area contributed by atoms with Crippen molar-refractivity contribution in [1.82, 2.24) is 9.80 Å². The molecule has 0 unspecified atom stereocenters. The van der Waals surface area contributed by atoms with Gasteiger partial charge in [-0.15, -0.1) is 0 Å². The molecule has 1 aromatic heterocycles. The number of furan rings is 1. The van der Waals surface area contributed by atoms with Crippen LogP contribution in [0.1, 0.15) is 18.6 Å². The number of rotatable bonds is 3. The van der Waals surface area contributed by atoms with Crippen molar-refractivity contribution >= 4 is 5.91 Å². The first-order chi connectivity index (χ1) is 9.65. The Kier molecular flexibility index (Phi) is 3.81. The topological polar surface area (TPSA) is 45.9 Å². The van der Waals surface area contributed by atoms with E-state index < -0.39 is 0 Å². The van der Waals surface area contributed by atoms with Gasteiger partial charge in [-0.1, -0.05) is 0 Å². The number of amides is 1. The van der Waals surface area contributed by atoms with Gasteiger partial charge in [0.05, 0.1) is 24.8 Å². The summed E-state index contributed by atoms with van der Waals surface area (Å²) >= 11 is 0. The molecule has 5 heteroatoms. The molecule has 0 spiro atoms. The van der Waals surface area contributed by atoms with Crippen LogP contribution in [0.25, 0.3) is 0 Å². The number of carbonyl (C=O) groups excluding carboxylic acids is 1.